The van der Waals surface area contributed by atoms with Crippen molar-refractivity contribution in [1.82, 2.24) is 10.2 Å². The predicted molar refractivity (Wildman–Crippen MR) is 81.1 cm³/mol. The summed E-state index contributed by atoms with van der Waals surface area (Å²) in [6.07, 6.45) is 12.6. The summed E-state index contributed by atoms with van der Waals surface area (Å²) in [5.74, 6) is 0. The van der Waals surface area contributed by atoms with Crippen LogP contribution in [0.4, 0.5) is 0 Å². The highest BCUT2D eigenvalue weighted by atomic mass is 15.2. The van der Waals surface area contributed by atoms with E-state index in [1.165, 1.54) is 70.9 Å². The largest absolute Gasteiger partial charge is 0.320 e. The lowest BCUT2D eigenvalue weighted by molar-refractivity contribution is 0.0912. The SMILES string of the molecule is CCCCCCC(C)N1CCCCC1CCNC. The Morgan fingerprint density at radius 1 is 1.22 bits per heavy atom. The van der Waals surface area contributed by atoms with Crippen LogP contribution in [0.15, 0.2) is 0 Å². The lowest BCUT2D eigenvalue weighted by Crippen LogP contribution is -2.46. The van der Waals surface area contributed by atoms with E-state index in [4.69, 9.17) is 0 Å². The normalized spacial score (nSPS) is 23.2. The monoisotopic (exact) mass is 254 g/mol. The molecule has 0 aromatic heterocycles. The zero-order valence-corrected chi connectivity index (χ0v) is 12.9. The fourth-order valence-corrected chi connectivity index (χ4v) is 3.26. The van der Waals surface area contributed by atoms with Crippen LogP contribution in [0.25, 0.3) is 0 Å². The zero-order chi connectivity index (χ0) is 13.2. The van der Waals surface area contributed by atoms with Gasteiger partial charge in [0.25, 0.3) is 0 Å². The molecule has 2 unspecified atom stereocenters. The van der Waals surface area contributed by atoms with E-state index in [1.807, 2.05) is 0 Å². The van der Waals surface area contributed by atoms with Gasteiger partial charge in [-0.1, -0.05) is 39.0 Å². The number of unbranched alkanes of at least 4 members (excludes halogenated alkanes) is 3. The minimum Gasteiger partial charge on any atom is -0.320 e. The third-order valence-electron chi connectivity index (χ3n) is 4.44. The first-order valence-electron chi connectivity index (χ1n) is 8.20. The molecule has 1 rings (SSSR count). The van der Waals surface area contributed by atoms with Crippen molar-refractivity contribution in [3.8, 4) is 0 Å². The van der Waals surface area contributed by atoms with E-state index in [-0.39, 0.29) is 0 Å². The Morgan fingerprint density at radius 2 is 2.06 bits per heavy atom. The van der Waals surface area contributed by atoms with Gasteiger partial charge >= 0.3 is 0 Å². The van der Waals surface area contributed by atoms with Gasteiger partial charge in [-0.2, -0.15) is 0 Å². The molecule has 0 radical (unpaired) electrons. The lowest BCUT2D eigenvalue weighted by atomic mass is 9.95. The fourth-order valence-electron chi connectivity index (χ4n) is 3.26. The van der Waals surface area contributed by atoms with E-state index in [2.05, 4.69) is 31.1 Å². The molecule has 1 fully saturated rings. The third-order valence-corrected chi connectivity index (χ3v) is 4.44. The van der Waals surface area contributed by atoms with Crippen molar-refractivity contribution in [2.24, 2.45) is 0 Å². The summed E-state index contributed by atoms with van der Waals surface area (Å²) in [7, 11) is 2.07. The molecule has 0 spiro atoms. The number of nitrogens with one attached hydrogen (secondary N) is 1. The van der Waals surface area contributed by atoms with Crippen LogP contribution < -0.4 is 5.32 Å². The Morgan fingerprint density at radius 3 is 2.78 bits per heavy atom. The van der Waals surface area contributed by atoms with Crippen molar-refractivity contribution in [2.45, 2.75) is 83.7 Å². The van der Waals surface area contributed by atoms with E-state index in [9.17, 15) is 0 Å². The van der Waals surface area contributed by atoms with Crippen LogP contribution in [-0.2, 0) is 0 Å². The maximum absolute atomic E-state index is 3.31. The van der Waals surface area contributed by atoms with Gasteiger partial charge in [0.1, 0.15) is 0 Å². The molecule has 1 aliphatic rings. The molecule has 1 saturated heterocycles. The van der Waals surface area contributed by atoms with Gasteiger partial charge in [0, 0.05) is 12.1 Å². The van der Waals surface area contributed by atoms with E-state index in [1.54, 1.807) is 0 Å². The first-order chi connectivity index (χ1) is 8.79. The number of nitrogens with zero attached hydrogens (tertiary/aromatic N) is 1. The van der Waals surface area contributed by atoms with Crippen LogP contribution in [0, 0.1) is 0 Å². The van der Waals surface area contributed by atoms with Gasteiger partial charge in [-0.25, -0.2) is 0 Å². The van der Waals surface area contributed by atoms with Crippen molar-refractivity contribution < 1.29 is 0 Å². The van der Waals surface area contributed by atoms with Crippen molar-refractivity contribution in [1.29, 1.82) is 0 Å². The number of likely N-dealkylation sites (tertiary alicyclic amines) is 1. The van der Waals surface area contributed by atoms with Crippen molar-refractivity contribution in [3.05, 3.63) is 0 Å². The average Bonchev–Trinajstić information content (AvgIpc) is 2.41. The molecule has 108 valence electrons. The predicted octanol–water partition coefficient (Wildman–Crippen LogP) is 3.81. The quantitative estimate of drug-likeness (QED) is 0.629. The van der Waals surface area contributed by atoms with E-state index < -0.39 is 0 Å². The average molecular weight is 254 g/mol. The topological polar surface area (TPSA) is 15.3 Å². The van der Waals surface area contributed by atoms with Gasteiger partial charge in [-0.05, 0) is 52.7 Å². The summed E-state index contributed by atoms with van der Waals surface area (Å²) < 4.78 is 0. The highest BCUT2D eigenvalue weighted by Crippen LogP contribution is 2.24. The first-order valence-corrected chi connectivity index (χ1v) is 8.20. The molecular formula is C16H34N2. The fraction of sp³-hybridized carbons (Fsp3) is 1.00. The van der Waals surface area contributed by atoms with E-state index in [0.717, 1.165) is 12.1 Å². The molecule has 0 amide bonds. The Labute approximate surface area is 115 Å². The molecule has 1 aliphatic heterocycles. The van der Waals surface area contributed by atoms with Crippen molar-refractivity contribution in [2.75, 3.05) is 20.1 Å². The second-order valence-electron chi connectivity index (χ2n) is 5.98. The molecule has 0 aromatic carbocycles. The van der Waals surface area contributed by atoms with Crippen molar-refractivity contribution in [3.63, 3.8) is 0 Å². The number of rotatable bonds is 9. The maximum Gasteiger partial charge on any atom is 0.0110 e. The number of hydrogen-bond acceptors (Lipinski definition) is 2. The summed E-state index contributed by atoms with van der Waals surface area (Å²) in [5.41, 5.74) is 0. The third kappa shape index (κ3) is 5.71. The Hall–Kier alpha value is -0.0800. The van der Waals surface area contributed by atoms with Gasteiger partial charge in [-0.3, -0.25) is 4.90 Å². The zero-order valence-electron chi connectivity index (χ0n) is 12.9. The second kappa shape index (κ2) is 9.80. The van der Waals surface area contributed by atoms with Crippen LogP contribution in [-0.4, -0.2) is 37.1 Å². The van der Waals surface area contributed by atoms with E-state index in [0.29, 0.717) is 0 Å². The smallest absolute Gasteiger partial charge is 0.0110 e. The summed E-state index contributed by atoms with van der Waals surface area (Å²) in [6.45, 7) is 7.25. The molecule has 18 heavy (non-hydrogen) atoms. The van der Waals surface area contributed by atoms with Gasteiger partial charge < -0.3 is 5.32 Å². The second-order valence-corrected chi connectivity index (χ2v) is 5.98. The minimum absolute atomic E-state index is 0.795. The number of piperidine rings is 1. The van der Waals surface area contributed by atoms with Crippen LogP contribution in [0.3, 0.4) is 0 Å². The molecule has 0 saturated carbocycles. The summed E-state index contributed by atoms with van der Waals surface area (Å²) in [5, 5.41) is 3.31. The highest BCUT2D eigenvalue weighted by Gasteiger charge is 2.25. The lowest BCUT2D eigenvalue weighted by Gasteiger charge is -2.40. The highest BCUT2D eigenvalue weighted by molar-refractivity contribution is 4.81. The van der Waals surface area contributed by atoms with Crippen molar-refractivity contribution >= 4 is 0 Å². The molecule has 1 heterocycles. The van der Waals surface area contributed by atoms with Crippen LogP contribution >= 0.6 is 0 Å². The van der Waals surface area contributed by atoms with Gasteiger partial charge in [0.15, 0.2) is 0 Å². The van der Waals surface area contributed by atoms with Gasteiger partial charge in [-0.15, -0.1) is 0 Å². The van der Waals surface area contributed by atoms with Crippen LogP contribution in [0.2, 0.25) is 0 Å². The van der Waals surface area contributed by atoms with Crippen LogP contribution in [0.5, 0.6) is 0 Å². The Kier molecular flexibility index (Phi) is 8.70. The molecule has 2 atom stereocenters. The molecule has 1 N–H and O–H groups in total. The van der Waals surface area contributed by atoms with Crippen LogP contribution in [0.1, 0.15) is 71.6 Å². The minimum atomic E-state index is 0.795. The first kappa shape index (κ1) is 16.0. The Balaban J connectivity index is 2.29. The summed E-state index contributed by atoms with van der Waals surface area (Å²) in [6, 6.07) is 1.64. The van der Waals surface area contributed by atoms with E-state index >= 15 is 0 Å². The molecule has 0 aromatic rings. The number of hydrogen-bond donors (Lipinski definition) is 1. The standard InChI is InChI=1S/C16H34N2/c1-4-5-6-7-10-15(2)18-14-9-8-11-16(18)12-13-17-3/h15-17H,4-14H2,1-3H3. The Bertz CT molecular complexity index is 194. The molecule has 0 bridgehead atoms. The molecule has 2 nitrogen and oxygen atoms in total. The van der Waals surface area contributed by atoms with Gasteiger partial charge in [0.05, 0.1) is 0 Å². The molecule has 2 heteroatoms. The molecular weight excluding hydrogens is 220 g/mol. The van der Waals surface area contributed by atoms with Gasteiger partial charge in [0.2, 0.25) is 0 Å². The molecule has 0 aliphatic carbocycles. The summed E-state index contributed by atoms with van der Waals surface area (Å²) >= 11 is 0. The maximum atomic E-state index is 3.31. The summed E-state index contributed by atoms with van der Waals surface area (Å²) in [4.78, 5) is 2.80.